The van der Waals surface area contributed by atoms with Gasteiger partial charge in [0.05, 0.1) is 0 Å². The van der Waals surface area contributed by atoms with E-state index in [-0.39, 0.29) is 11.7 Å². The molecule has 0 spiro atoms. The third-order valence-corrected chi connectivity index (χ3v) is 4.11. The summed E-state index contributed by atoms with van der Waals surface area (Å²) in [6, 6.07) is 22.7. The number of benzene rings is 3. The topological polar surface area (TPSA) is 79.5 Å². The Bertz CT molecular complexity index is 1050. The molecule has 0 atom stereocenters. The number of carbonyl (C=O) groups is 2. The Balaban J connectivity index is 1.44. The Kier molecular flexibility index (Phi) is 6.91. The van der Waals surface area contributed by atoms with Gasteiger partial charge in [-0.1, -0.05) is 60.7 Å². The molecule has 0 fully saturated rings. The Morgan fingerprint density at radius 3 is 2.45 bits per heavy atom. The molecule has 3 N–H and O–H groups in total. The molecule has 3 aromatic rings. The molecule has 7 heteroatoms. The number of hydrogen-bond acceptors (Lipinski definition) is 4. The molecule has 3 aromatic carbocycles. The second-order valence-corrected chi connectivity index (χ2v) is 6.40. The number of hydrogen-bond donors (Lipinski definition) is 3. The van der Waals surface area contributed by atoms with Crippen LogP contribution in [0.15, 0.2) is 78.9 Å². The quantitative estimate of drug-likeness (QED) is 0.346. The molecule has 0 bridgehead atoms. The number of nitrogens with one attached hydrogen (secondary N) is 3. The second-order valence-electron chi connectivity index (χ2n) is 5.99. The van der Waals surface area contributed by atoms with Gasteiger partial charge in [0, 0.05) is 6.08 Å². The van der Waals surface area contributed by atoms with Crippen molar-refractivity contribution in [1.29, 1.82) is 0 Å². The van der Waals surface area contributed by atoms with E-state index in [1.165, 1.54) is 6.08 Å². The van der Waals surface area contributed by atoms with Crippen molar-refractivity contribution in [1.82, 2.24) is 16.2 Å². The number of carbonyl (C=O) groups excluding carboxylic acids is 2. The van der Waals surface area contributed by atoms with Gasteiger partial charge < -0.3 is 4.74 Å². The van der Waals surface area contributed by atoms with Crippen LogP contribution in [0.5, 0.6) is 5.75 Å². The van der Waals surface area contributed by atoms with E-state index in [1.807, 2.05) is 60.7 Å². The summed E-state index contributed by atoms with van der Waals surface area (Å²) in [6.45, 7) is -0.186. The van der Waals surface area contributed by atoms with Crippen molar-refractivity contribution in [3.8, 4) is 5.75 Å². The van der Waals surface area contributed by atoms with Gasteiger partial charge in [-0.15, -0.1) is 0 Å². The standard InChI is InChI=1S/C22H19N3O3S/c26-20(14-13-17-9-6-8-16-7-4-5-12-19(16)17)23-22(29)25-24-21(27)15-28-18-10-2-1-3-11-18/h1-14H,15H2,(H,24,27)(H2,23,25,26,29). The fourth-order valence-electron chi connectivity index (χ4n) is 2.57. The average Bonchev–Trinajstić information content (AvgIpc) is 2.75. The lowest BCUT2D eigenvalue weighted by Crippen LogP contribution is -2.49. The van der Waals surface area contributed by atoms with Crippen LogP contribution in [0.4, 0.5) is 0 Å². The van der Waals surface area contributed by atoms with E-state index in [9.17, 15) is 9.59 Å². The largest absolute Gasteiger partial charge is 0.484 e. The molecule has 0 radical (unpaired) electrons. The zero-order chi connectivity index (χ0) is 20.5. The van der Waals surface area contributed by atoms with Crippen LogP contribution in [-0.2, 0) is 9.59 Å². The van der Waals surface area contributed by atoms with Gasteiger partial charge in [0.25, 0.3) is 5.91 Å². The number of rotatable bonds is 5. The highest BCUT2D eigenvalue weighted by atomic mass is 32.1. The summed E-state index contributed by atoms with van der Waals surface area (Å²) in [7, 11) is 0. The molecule has 0 heterocycles. The molecule has 0 saturated heterocycles. The summed E-state index contributed by atoms with van der Waals surface area (Å²) in [6.07, 6.45) is 3.10. The van der Waals surface area contributed by atoms with Crippen LogP contribution in [0.2, 0.25) is 0 Å². The highest BCUT2D eigenvalue weighted by Crippen LogP contribution is 2.19. The van der Waals surface area contributed by atoms with Crippen molar-refractivity contribution in [3.63, 3.8) is 0 Å². The molecule has 0 aliphatic heterocycles. The summed E-state index contributed by atoms with van der Waals surface area (Å²) in [4.78, 5) is 23.8. The Labute approximate surface area is 173 Å². The molecule has 0 aromatic heterocycles. The predicted molar refractivity (Wildman–Crippen MR) is 117 cm³/mol. The van der Waals surface area contributed by atoms with Crippen molar-refractivity contribution in [2.75, 3.05) is 6.61 Å². The first-order valence-electron chi connectivity index (χ1n) is 8.85. The normalized spacial score (nSPS) is 10.5. The van der Waals surface area contributed by atoms with E-state index in [0.717, 1.165) is 16.3 Å². The molecular weight excluding hydrogens is 386 g/mol. The first-order chi connectivity index (χ1) is 14.1. The lowest BCUT2D eigenvalue weighted by molar-refractivity contribution is -0.123. The number of fused-ring (bicyclic) bond motifs is 1. The number of hydrazine groups is 1. The Morgan fingerprint density at radius 1 is 0.897 bits per heavy atom. The van der Waals surface area contributed by atoms with Crippen LogP contribution in [0, 0.1) is 0 Å². The molecule has 0 unspecified atom stereocenters. The van der Waals surface area contributed by atoms with Gasteiger partial charge in [-0.2, -0.15) is 0 Å². The van der Waals surface area contributed by atoms with Crippen molar-refractivity contribution < 1.29 is 14.3 Å². The first kappa shape index (κ1) is 20.0. The first-order valence-corrected chi connectivity index (χ1v) is 9.26. The number of ether oxygens (including phenoxy) is 1. The molecule has 146 valence electrons. The van der Waals surface area contributed by atoms with Crippen molar-refractivity contribution in [2.45, 2.75) is 0 Å². The average molecular weight is 405 g/mol. The molecule has 2 amide bonds. The van der Waals surface area contributed by atoms with Crippen LogP contribution in [-0.4, -0.2) is 23.5 Å². The zero-order valence-electron chi connectivity index (χ0n) is 15.4. The molecular formula is C22H19N3O3S. The SMILES string of the molecule is O=C(C=Cc1cccc2ccccc12)NC(=S)NNC(=O)COc1ccccc1. The zero-order valence-corrected chi connectivity index (χ0v) is 16.2. The smallest absolute Gasteiger partial charge is 0.276 e. The molecule has 0 aliphatic rings. The minimum absolute atomic E-state index is 0.0226. The van der Waals surface area contributed by atoms with Crippen molar-refractivity contribution >= 4 is 46.0 Å². The maximum Gasteiger partial charge on any atom is 0.276 e. The summed E-state index contributed by atoms with van der Waals surface area (Å²) in [5.41, 5.74) is 5.75. The monoisotopic (exact) mass is 405 g/mol. The number of thiocarbonyl (C=S) groups is 1. The fraction of sp³-hybridized carbons (Fsp3) is 0.0455. The molecule has 3 rings (SSSR count). The van der Waals surface area contributed by atoms with E-state index in [2.05, 4.69) is 16.2 Å². The Morgan fingerprint density at radius 2 is 1.62 bits per heavy atom. The summed E-state index contributed by atoms with van der Waals surface area (Å²) < 4.78 is 5.31. The van der Waals surface area contributed by atoms with E-state index in [0.29, 0.717) is 5.75 Å². The van der Waals surface area contributed by atoms with Crippen molar-refractivity contribution in [3.05, 3.63) is 84.4 Å². The van der Waals surface area contributed by atoms with E-state index in [1.54, 1.807) is 18.2 Å². The van der Waals surface area contributed by atoms with Gasteiger partial charge in [-0.05, 0) is 46.8 Å². The molecule has 29 heavy (non-hydrogen) atoms. The van der Waals surface area contributed by atoms with Gasteiger partial charge in [-0.3, -0.25) is 25.8 Å². The lowest BCUT2D eigenvalue weighted by atomic mass is 10.0. The number of para-hydroxylation sites is 1. The summed E-state index contributed by atoms with van der Waals surface area (Å²) >= 11 is 5.00. The summed E-state index contributed by atoms with van der Waals surface area (Å²) in [5, 5.41) is 4.58. The fourth-order valence-corrected chi connectivity index (χ4v) is 2.73. The third-order valence-electron chi connectivity index (χ3n) is 3.90. The van der Waals surface area contributed by atoms with Crippen LogP contribution in [0.1, 0.15) is 5.56 Å². The molecule has 0 saturated carbocycles. The van der Waals surface area contributed by atoms with Gasteiger partial charge in [0.2, 0.25) is 5.91 Å². The molecule has 0 aliphatic carbocycles. The highest BCUT2D eigenvalue weighted by molar-refractivity contribution is 7.80. The number of amides is 2. The lowest BCUT2D eigenvalue weighted by Gasteiger charge is -2.10. The van der Waals surface area contributed by atoms with E-state index < -0.39 is 11.8 Å². The van der Waals surface area contributed by atoms with Crippen LogP contribution >= 0.6 is 12.2 Å². The highest BCUT2D eigenvalue weighted by Gasteiger charge is 2.05. The Hall–Kier alpha value is -3.71. The predicted octanol–water partition coefficient (Wildman–Crippen LogP) is 2.95. The van der Waals surface area contributed by atoms with E-state index in [4.69, 9.17) is 17.0 Å². The van der Waals surface area contributed by atoms with Gasteiger partial charge >= 0.3 is 0 Å². The minimum atomic E-state index is -0.434. The third kappa shape index (κ3) is 6.15. The van der Waals surface area contributed by atoms with Gasteiger partial charge in [-0.25, -0.2) is 0 Å². The van der Waals surface area contributed by atoms with Crippen molar-refractivity contribution in [2.24, 2.45) is 0 Å². The van der Waals surface area contributed by atoms with Gasteiger partial charge in [0.15, 0.2) is 11.7 Å². The van der Waals surface area contributed by atoms with Crippen LogP contribution in [0.3, 0.4) is 0 Å². The second kappa shape index (κ2) is 10.0. The summed E-state index contributed by atoms with van der Waals surface area (Å²) in [5.74, 6) is -0.265. The maximum absolute atomic E-state index is 12.1. The van der Waals surface area contributed by atoms with E-state index >= 15 is 0 Å². The van der Waals surface area contributed by atoms with Gasteiger partial charge in [0.1, 0.15) is 5.75 Å². The van der Waals surface area contributed by atoms with Crippen LogP contribution < -0.4 is 20.9 Å². The van der Waals surface area contributed by atoms with Crippen LogP contribution in [0.25, 0.3) is 16.8 Å². The minimum Gasteiger partial charge on any atom is -0.484 e. The maximum atomic E-state index is 12.1. The molecule has 6 nitrogen and oxygen atoms in total.